The summed E-state index contributed by atoms with van der Waals surface area (Å²) in [6.45, 7) is 8.58. The minimum Gasteiger partial charge on any atom is -0.542 e. The summed E-state index contributed by atoms with van der Waals surface area (Å²) in [5.74, 6) is 0. The van der Waals surface area contributed by atoms with Crippen LogP contribution in [0.3, 0.4) is 0 Å². The van der Waals surface area contributed by atoms with Gasteiger partial charge >= 0.3 is 0 Å². The van der Waals surface area contributed by atoms with Gasteiger partial charge in [-0.25, -0.2) is 0 Å². The van der Waals surface area contributed by atoms with Crippen LogP contribution in [0.15, 0.2) is 97.1 Å². The van der Waals surface area contributed by atoms with Gasteiger partial charge in [-0.15, -0.1) is 0 Å². The summed E-state index contributed by atoms with van der Waals surface area (Å²) in [6, 6.07) is 36.0. The van der Waals surface area contributed by atoms with Crippen molar-refractivity contribution in [3.8, 4) is 0 Å². The van der Waals surface area contributed by atoms with E-state index < -0.39 is 13.8 Å². The maximum atomic E-state index is 6.81. The van der Waals surface area contributed by atoms with E-state index in [4.69, 9.17) is 12.2 Å². The van der Waals surface area contributed by atoms with E-state index in [0.717, 1.165) is 0 Å². The van der Waals surface area contributed by atoms with Gasteiger partial charge in [0.25, 0.3) is 0 Å². The molecule has 156 valence electrons. The summed E-state index contributed by atoms with van der Waals surface area (Å²) in [7, 11) is -0.767. The lowest BCUT2D eigenvalue weighted by Crippen LogP contribution is -2.26. The van der Waals surface area contributed by atoms with Gasteiger partial charge in [-0.2, -0.15) is 0 Å². The maximum Gasteiger partial charge on any atom is 0.107 e. The summed E-state index contributed by atoms with van der Waals surface area (Å²) in [6.07, 6.45) is -2.15. The molecule has 0 aliphatic carbocycles. The predicted octanol–water partition coefficient (Wildman–Crippen LogP) is 6.40. The van der Waals surface area contributed by atoms with E-state index in [2.05, 4.69) is 125 Å². The predicted molar refractivity (Wildman–Crippen MR) is 144 cm³/mol. The first-order valence-electron chi connectivity index (χ1n) is 10.6. The van der Waals surface area contributed by atoms with Crippen LogP contribution in [0.2, 0.25) is 0 Å². The molecule has 3 heteroatoms. The van der Waals surface area contributed by atoms with Crippen molar-refractivity contribution in [1.82, 2.24) is 0 Å². The highest BCUT2D eigenvalue weighted by Gasteiger charge is 2.41. The minimum atomic E-state index is -2.15. The average Bonchev–Trinajstić information content (AvgIpc) is 2.77. The van der Waals surface area contributed by atoms with E-state index in [1.54, 1.807) is 0 Å². The molecular weight excluding hydrogens is 430 g/mol. The van der Waals surface area contributed by atoms with Gasteiger partial charge in [0.2, 0.25) is 0 Å². The first kappa shape index (κ1) is 22.3. The van der Waals surface area contributed by atoms with E-state index >= 15 is 0 Å². The molecule has 0 aliphatic heterocycles. The van der Waals surface area contributed by atoms with Gasteiger partial charge in [-0.3, -0.25) is 0 Å². The van der Waals surface area contributed by atoms with Gasteiger partial charge in [-0.05, 0) is 58.1 Å². The SMILES string of the molecule is Cc1ccc(P(c2ccc(C)cc2)[P+]([S-])(c2ccc(C)cc2)c2ccc(C)cc2)cc1. The second kappa shape index (κ2) is 9.30. The van der Waals surface area contributed by atoms with Gasteiger partial charge < -0.3 is 12.2 Å². The highest BCUT2D eigenvalue weighted by atomic mass is 32.9. The highest BCUT2D eigenvalue weighted by molar-refractivity contribution is 8.78. The lowest BCUT2D eigenvalue weighted by atomic mass is 10.2. The van der Waals surface area contributed by atoms with Crippen LogP contribution in [-0.4, -0.2) is 0 Å². The average molecular weight is 459 g/mol. The van der Waals surface area contributed by atoms with Crippen molar-refractivity contribution in [1.29, 1.82) is 0 Å². The standard InChI is InChI=1S/C28H28P2S/c1-21-5-13-25(14-6-21)29(26-15-7-22(2)8-16-26)30(31,27-17-9-23(3)10-18-27)28-19-11-24(4)12-20-28/h5-20H,1-4H3. The van der Waals surface area contributed by atoms with E-state index in [-0.39, 0.29) is 0 Å². The zero-order valence-electron chi connectivity index (χ0n) is 18.5. The van der Waals surface area contributed by atoms with Gasteiger partial charge in [0.1, 0.15) is 7.61 Å². The zero-order valence-corrected chi connectivity index (χ0v) is 21.1. The monoisotopic (exact) mass is 458 g/mol. The largest absolute Gasteiger partial charge is 0.542 e. The fraction of sp³-hybridized carbons (Fsp3) is 0.143. The maximum absolute atomic E-state index is 6.81. The topological polar surface area (TPSA) is 0 Å². The number of aryl methyl sites for hydroxylation is 4. The van der Waals surface area contributed by atoms with Crippen molar-refractivity contribution < 1.29 is 0 Å². The van der Waals surface area contributed by atoms with E-state index in [1.165, 1.54) is 43.5 Å². The van der Waals surface area contributed by atoms with Crippen LogP contribution in [0.1, 0.15) is 22.3 Å². The zero-order chi connectivity index (χ0) is 22.0. The van der Waals surface area contributed by atoms with E-state index in [0.29, 0.717) is 0 Å². The summed E-state index contributed by atoms with van der Waals surface area (Å²) in [4.78, 5) is 0. The summed E-state index contributed by atoms with van der Waals surface area (Å²) in [5.41, 5.74) is 5.09. The van der Waals surface area contributed by atoms with Crippen LogP contribution in [0, 0.1) is 27.7 Å². The number of rotatable bonds is 5. The molecule has 4 aromatic carbocycles. The van der Waals surface area contributed by atoms with Crippen LogP contribution in [0.5, 0.6) is 0 Å². The number of benzene rings is 4. The van der Waals surface area contributed by atoms with Crippen LogP contribution >= 0.6 is 13.8 Å². The van der Waals surface area contributed by atoms with Gasteiger partial charge in [-0.1, -0.05) is 95.1 Å². The van der Waals surface area contributed by atoms with Gasteiger partial charge in [0.05, 0.1) is 10.6 Å². The van der Waals surface area contributed by atoms with Crippen molar-refractivity contribution in [3.05, 3.63) is 119 Å². The molecule has 4 rings (SSSR count). The molecule has 0 spiro atoms. The third-order valence-corrected chi connectivity index (χ3v) is 16.9. The van der Waals surface area contributed by atoms with Crippen LogP contribution in [-0.2, 0) is 12.2 Å². The molecule has 31 heavy (non-hydrogen) atoms. The quantitative estimate of drug-likeness (QED) is 0.246. The molecule has 0 aliphatic rings. The Labute approximate surface area is 193 Å². The van der Waals surface area contributed by atoms with E-state index in [1.807, 2.05) is 0 Å². The third-order valence-electron chi connectivity index (χ3n) is 5.61. The van der Waals surface area contributed by atoms with Crippen molar-refractivity contribution >= 4 is 47.2 Å². The highest BCUT2D eigenvalue weighted by Crippen LogP contribution is 2.79. The molecule has 0 fully saturated rings. The van der Waals surface area contributed by atoms with Crippen molar-refractivity contribution in [3.63, 3.8) is 0 Å². The summed E-state index contributed by atoms with van der Waals surface area (Å²) >= 11 is 6.81. The van der Waals surface area contributed by atoms with Crippen LogP contribution in [0.25, 0.3) is 0 Å². The Bertz CT molecular complexity index is 1050. The van der Waals surface area contributed by atoms with Crippen molar-refractivity contribution in [2.45, 2.75) is 27.7 Å². The van der Waals surface area contributed by atoms with Crippen LogP contribution < -0.4 is 21.2 Å². The Kier molecular flexibility index (Phi) is 6.68. The molecule has 0 heterocycles. The van der Waals surface area contributed by atoms with Crippen LogP contribution in [0.4, 0.5) is 0 Å². The van der Waals surface area contributed by atoms with Gasteiger partial charge in [0, 0.05) is 10.6 Å². The second-order valence-corrected chi connectivity index (χ2v) is 17.5. The van der Waals surface area contributed by atoms with Crippen molar-refractivity contribution in [2.75, 3.05) is 0 Å². The molecular formula is C28H28P2S. The minimum absolute atomic E-state index is 0.767. The first-order valence-corrected chi connectivity index (χ1v) is 15.4. The lowest BCUT2D eigenvalue weighted by Gasteiger charge is -2.40. The summed E-state index contributed by atoms with van der Waals surface area (Å²) < 4.78 is 0. The second-order valence-electron chi connectivity index (χ2n) is 8.23. The third kappa shape index (κ3) is 4.65. The molecule has 0 radical (unpaired) electrons. The molecule has 0 amide bonds. The normalized spacial score (nSPS) is 11.7. The Balaban J connectivity index is 2.01. The molecule has 0 saturated heterocycles. The smallest absolute Gasteiger partial charge is 0.107 e. The molecule has 0 aromatic heterocycles. The Morgan fingerprint density at radius 2 is 0.710 bits per heavy atom. The Morgan fingerprint density at radius 1 is 0.452 bits per heavy atom. The first-order chi connectivity index (χ1) is 14.9. The van der Waals surface area contributed by atoms with Crippen molar-refractivity contribution in [2.24, 2.45) is 0 Å². The number of hydrogen-bond donors (Lipinski definition) is 0. The Morgan fingerprint density at radius 3 is 1.00 bits per heavy atom. The molecule has 0 atom stereocenters. The lowest BCUT2D eigenvalue weighted by molar-refractivity contribution is 1.48. The molecule has 0 unspecified atom stereocenters. The number of hydrogen-bond acceptors (Lipinski definition) is 1. The molecule has 0 nitrogen and oxygen atoms in total. The fourth-order valence-electron chi connectivity index (χ4n) is 3.72. The molecule has 4 aromatic rings. The van der Waals surface area contributed by atoms with Gasteiger partial charge in [0.15, 0.2) is 0 Å². The summed E-state index contributed by atoms with van der Waals surface area (Å²) in [5, 5.41) is 5.30. The van der Waals surface area contributed by atoms with E-state index in [9.17, 15) is 0 Å². The fourth-order valence-corrected chi connectivity index (χ4v) is 14.8. The molecule has 0 saturated carbocycles. The Hall–Kier alpha value is -1.91. The molecule has 0 N–H and O–H groups in total. The molecule has 0 bridgehead atoms.